The van der Waals surface area contributed by atoms with Gasteiger partial charge in [0.05, 0.1) is 0 Å². The van der Waals surface area contributed by atoms with E-state index in [1.165, 1.54) is 31.2 Å². The van der Waals surface area contributed by atoms with Crippen molar-refractivity contribution < 1.29 is 33.3 Å². The van der Waals surface area contributed by atoms with Crippen molar-refractivity contribution in [2.45, 2.75) is 27.1 Å². The Morgan fingerprint density at radius 2 is 1.19 bits per heavy atom. The van der Waals surface area contributed by atoms with E-state index in [0.29, 0.717) is 28.0 Å². The summed E-state index contributed by atoms with van der Waals surface area (Å²) in [6.07, 6.45) is -1.32. The molecule has 0 fully saturated rings. The molecule has 7 heteroatoms. The van der Waals surface area contributed by atoms with E-state index in [-0.39, 0.29) is 28.2 Å². The van der Waals surface area contributed by atoms with Crippen LogP contribution >= 0.6 is 0 Å². The first-order valence-corrected chi connectivity index (χ1v) is 11.3. The van der Waals surface area contributed by atoms with Gasteiger partial charge >= 0.3 is 11.9 Å². The highest BCUT2D eigenvalue weighted by Gasteiger charge is 2.18. The molecule has 1 N–H and O–H groups in total. The van der Waals surface area contributed by atoms with Crippen LogP contribution in [0.5, 0.6) is 17.2 Å². The van der Waals surface area contributed by atoms with Gasteiger partial charge in [-0.3, -0.25) is 0 Å². The maximum atomic E-state index is 15.3. The second-order valence-electron chi connectivity index (χ2n) is 8.53. The van der Waals surface area contributed by atoms with E-state index in [0.717, 1.165) is 0 Å². The highest BCUT2D eigenvalue weighted by atomic mass is 19.1. The number of hydrogen-bond donors (Lipinski definition) is 1. The predicted octanol–water partition coefficient (Wildman–Crippen LogP) is 6.40. The molecule has 6 nitrogen and oxygen atoms in total. The van der Waals surface area contributed by atoms with E-state index in [1.807, 2.05) is 0 Å². The van der Waals surface area contributed by atoms with Crippen LogP contribution in [-0.2, 0) is 9.59 Å². The Hall–Kier alpha value is -4.49. The average Bonchev–Trinajstić information content (AvgIpc) is 2.85. The number of aliphatic hydroxyl groups excluding tert-OH is 1. The lowest BCUT2D eigenvalue weighted by Crippen LogP contribution is -2.16. The Kier molecular flexibility index (Phi) is 8.42. The number of aliphatic hydroxyl groups is 1. The molecule has 0 aliphatic heterocycles. The molecular formula is C30H27FO6. The molecule has 1 unspecified atom stereocenters. The van der Waals surface area contributed by atoms with Gasteiger partial charge in [-0.05, 0) is 73.9 Å². The summed E-state index contributed by atoms with van der Waals surface area (Å²) in [6, 6.07) is 15.4. The van der Waals surface area contributed by atoms with Crippen LogP contribution in [0.3, 0.4) is 0 Å². The lowest BCUT2D eigenvalue weighted by molar-refractivity contribution is -0.130. The topological polar surface area (TPSA) is 82.1 Å². The second kappa shape index (κ2) is 11.5. The standard InChI is InChI=1S/C30H27FO6/c1-17(2)28(32)35-22-11-7-20(8-12-22)24-16-27(37-30(34)19(5)6)25(15-26(24)31)21-9-13-23(14-10-21)36-29(33)18(3)4/h7-16,30,34H,1,3,5H2,2,4,6H3. The zero-order valence-electron chi connectivity index (χ0n) is 20.8. The SMILES string of the molecule is C=C(C)C(=O)Oc1ccc(-c2cc(OC(O)C(=C)C)c(-c3ccc(OC(=O)C(=C)C)cc3)cc2F)cc1. The summed E-state index contributed by atoms with van der Waals surface area (Å²) >= 11 is 0. The minimum absolute atomic E-state index is 0.205. The molecule has 1 atom stereocenters. The zero-order valence-corrected chi connectivity index (χ0v) is 20.8. The van der Waals surface area contributed by atoms with E-state index in [4.69, 9.17) is 14.2 Å². The molecule has 3 aromatic rings. The molecule has 0 saturated heterocycles. The van der Waals surface area contributed by atoms with Crippen LogP contribution < -0.4 is 14.2 Å². The van der Waals surface area contributed by atoms with Crippen LogP contribution in [0.2, 0.25) is 0 Å². The third-order valence-corrected chi connectivity index (χ3v) is 5.18. The van der Waals surface area contributed by atoms with Gasteiger partial charge in [0.2, 0.25) is 6.29 Å². The second-order valence-corrected chi connectivity index (χ2v) is 8.53. The summed E-state index contributed by atoms with van der Waals surface area (Å²) in [7, 11) is 0. The normalized spacial score (nSPS) is 11.3. The van der Waals surface area contributed by atoms with Crippen molar-refractivity contribution in [1.29, 1.82) is 0 Å². The molecule has 37 heavy (non-hydrogen) atoms. The summed E-state index contributed by atoms with van der Waals surface area (Å²) in [5.41, 5.74) is 2.51. The third-order valence-electron chi connectivity index (χ3n) is 5.18. The average molecular weight is 503 g/mol. The molecule has 0 aromatic heterocycles. The summed E-state index contributed by atoms with van der Waals surface area (Å²) in [5, 5.41) is 10.3. The molecule has 0 heterocycles. The van der Waals surface area contributed by atoms with Crippen molar-refractivity contribution in [3.63, 3.8) is 0 Å². The van der Waals surface area contributed by atoms with Crippen LogP contribution in [0.1, 0.15) is 20.8 Å². The summed E-state index contributed by atoms with van der Waals surface area (Å²) in [6.45, 7) is 15.5. The van der Waals surface area contributed by atoms with Crippen molar-refractivity contribution in [3.05, 3.63) is 103 Å². The maximum Gasteiger partial charge on any atom is 0.338 e. The van der Waals surface area contributed by atoms with Crippen LogP contribution in [-0.4, -0.2) is 23.3 Å². The summed E-state index contributed by atoms with van der Waals surface area (Å²) < 4.78 is 31.5. The van der Waals surface area contributed by atoms with Gasteiger partial charge < -0.3 is 19.3 Å². The molecule has 0 saturated carbocycles. The number of carbonyl (C=O) groups excluding carboxylic acids is 2. The Bertz CT molecular complexity index is 1370. The number of rotatable bonds is 9. The molecule has 0 aliphatic carbocycles. The van der Waals surface area contributed by atoms with Crippen LogP contribution in [0.25, 0.3) is 22.3 Å². The monoisotopic (exact) mass is 502 g/mol. The van der Waals surface area contributed by atoms with E-state index < -0.39 is 24.0 Å². The third kappa shape index (κ3) is 6.80. The number of esters is 2. The molecule has 3 rings (SSSR count). The quantitative estimate of drug-likeness (QED) is 0.120. The number of halogens is 1. The Labute approximate surface area is 214 Å². The highest BCUT2D eigenvalue weighted by Crippen LogP contribution is 2.38. The van der Waals surface area contributed by atoms with E-state index in [9.17, 15) is 14.7 Å². The van der Waals surface area contributed by atoms with Crippen LogP contribution in [0, 0.1) is 5.82 Å². The van der Waals surface area contributed by atoms with Gasteiger partial charge in [0, 0.05) is 22.3 Å². The van der Waals surface area contributed by atoms with Crippen LogP contribution in [0.4, 0.5) is 4.39 Å². The minimum atomic E-state index is -1.32. The van der Waals surface area contributed by atoms with Crippen LogP contribution in [0.15, 0.2) is 97.1 Å². The number of carbonyl (C=O) groups is 2. The summed E-state index contributed by atoms with van der Waals surface area (Å²) in [5.74, 6) is -0.876. The fourth-order valence-electron chi connectivity index (χ4n) is 3.11. The maximum absolute atomic E-state index is 15.3. The minimum Gasteiger partial charge on any atom is -0.461 e. The fraction of sp³-hybridized carbons (Fsp3) is 0.133. The van der Waals surface area contributed by atoms with E-state index in [2.05, 4.69) is 19.7 Å². The number of hydrogen-bond acceptors (Lipinski definition) is 6. The highest BCUT2D eigenvalue weighted by molar-refractivity contribution is 5.89. The van der Waals surface area contributed by atoms with Gasteiger partial charge in [-0.2, -0.15) is 0 Å². The Balaban J connectivity index is 1.99. The Morgan fingerprint density at radius 1 is 0.757 bits per heavy atom. The first-order valence-electron chi connectivity index (χ1n) is 11.3. The molecule has 0 amide bonds. The van der Waals surface area contributed by atoms with Crippen molar-refractivity contribution in [3.8, 4) is 39.5 Å². The van der Waals surface area contributed by atoms with Crippen molar-refractivity contribution in [2.24, 2.45) is 0 Å². The molecular weight excluding hydrogens is 475 g/mol. The van der Waals surface area contributed by atoms with Gasteiger partial charge in [-0.15, -0.1) is 0 Å². The number of ether oxygens (including phenoxy) is 3. The first-order chi connectivity index (χ1) is 17.5. The molecule has 0 bridgehead atoms. The van der Waals surface area contributed by atoms with Gasteiger partial charge in [0.15, 0.2) is 0 Å². The predicted molar refractivity (Wildman–Crippen MR) is 140 cm³/mol. The van der Waals surface area contributed by atoms with Crippen molar-refractivity contribution in [1.82, 2.24) is 0 Å². The lowest BCUT2D eigenvalue weighted by atomic mass is 9.98. The first kappa shape index (κ1) is 27.1. The summed E-state index contributed by atoms with van der Waals surface area (Å²) in [4.78, 5) is 23.5. The fourth-order valence-corrected chi connectivity index (χ4v) is 3.11. The molecule has 0 spiro atoms. The zero-order chi connectivity index (χ0) is 27.3. The van der Waals surface area contributed by atoms with E-state index in [1.54, 1.807) is 50.2 Å². The smallest absolute Gasteiger partial charge is 0.338 e. The van der Waals surface area contributed by atoms with Crippen molar-refractivity contribution in [2.75, 3.05) is 0 Å². The lowest BCUT2D eigenvalue weighted by Gasteiger charge is -2.19. The largest absolute Gasteiger partial charge is 0.461 e. The van der Waals surface area contributed by atoms with Gasteiger partial charge in [0.25, 0.3) is 0 Å². The number of benzene rings is 3. The van der Waals surface area contributed by atoms with Crippen molar-refractivity contribution >= 4 is 11.9 Å². The van der Waals surface area contributed by atoms with Gasteiger partial charge in [0.1, 0.15) is 23.1 Å². The molecule has 3 aromatic carbocycles. The van der Waals surface area contributed by atoms with Gasteiger partial charge in [-0.25, -0.2) is 14.0 Å². The van der Waals surface area contributed by atoms with E-state index >= 15 is 4.39 Å². The van der Waals surface area contributed by atoms with Gasteiger partial charge in [-0.1, -0.05) is 44.0 Å². The Morgan fingerprint density at radius 3 is 1.59 bits per heavy atom. The molecule has 0 radical (unpaired) electrons. The molecule has 0 aliphatic rings. The molecule has 190 valence electrons.